The van der Waals surface area contributed by atoms with E-state index in [0.717, 1.165) is 58.3 Å². The van der Waals surface area contributed by atoms with Gasteiger partial charge >= 0.3 is 0 Å². The molecule has 3 heterocycles. The van der Waals surface area contributed by atoms with Gasteiger partial charge in [-0.1, -0.05) is 13.3 Å². The first-order valence-electron chi connectivity index (χ1n) is 8.25. The summed E-state index contributed by atoms with van der Waals surface area (Å²) in [5.74, 6) is 1.46. The smallest absolute Gasteiger partial charge is 0.150 e. The van der Waals surface area contributed by atoms with Crippen molar-refractivity contribution in [1.82, 2.24) is 24.7 Å². The van der Waals surface area contributed by atoms with E-state index in [2.05, 4.69) is 22.0 Å². The number of nitrogens with two attached hydrogens (primary N) is 1. The first kappa shape index (κ1) is 14.7. The molecule has 0 amide bonds. The number of imidazole rings is 1. The molecular formula is C18H20N6. The quantitative estimate of drug-likeness (QED) is 0.602. The number of nitrogen functional groups attached to an aromatic ring is 1. The van der Waals surface area contributed by atoms with Crippen LogP contribution >= 0.6 is 0 Å². The average molecular weight is 320 g/mol. The number of aromatic amines is 1. The van der Waals surface area contributed by atoms with Crippen molar-refractivity contribution < 1.29 is 0 Å². The lowest BCUT2D eigenvalue weighted by atomic mass is 10.1. The largest absolute Gasteiger partial charge is 0.382 e. The Hall–Kier alpha value is -2.89. The third-order valence-corrected chi connectivity index (χ3v) is 4.23. The minimum atomic E-state index is 0.488. The molecule has 122 valence electrons. The molecule has 1 aromatic carbocycles. The molecule has 0 saturated heterocycles. The van der Waals surface area contributed by atoms with Gasteiger partial charge in [0.2, 0.25) is 0 Å². The first-order valence-corrected chi connectivity index (χ1v) is 8.25. The molecule has 4 aromatic rings. The van der Waals surface area contributed by atoms with Gasteiger partial charge in [-0.25, -0.2) is 14.6 Å². The maximum Gasteiger partial charge on any atom is 0.150 e. The predicted octanol–water partition coefficient (Wildman–Crippen LogP) is 3.53. The number of nitrogens with one attached hydrogen (secondary N) is 1. The minimum Gasteiger partial charge on any atom is -0.382 e. The second-order valence-corrected chi connectivity index (χ2v) is 6.17. The fourth-order valence-electron chi connectivity index (χ4n) is 2.96. The number of rotatable bonds is 4. The number of aryl methyl sites for hydroxylation is 2. The van der Waals surface area contributed by atoms with Crippen LogP contribution in [0, 0.1) is 6.92 Å². The average Bonchev–Trinajstić information content (AvgIpc) is 3.19. The number of pyridine rings is 1. The van der Waals surface area contributed by atoms with E-state index in [-0.39, 0.29) is 0 Å². The lowest BCUT2D eigenvalue weighted by Crippen LogP contribution is -1.97. The summed E-state index contributed by atoms with van der Waals surface area (Å²) in [4.78, 5) is 12.6. The van der Waals surface area contributed by atoms with E-state index < -0.39 is 0 Å². The van der Waals surface area contributed by atoms with Crippen molar-refractivity contribution in [3.63, 3.8) is 0 Å². The van der Waals surface area contributed by atoms with Crippen LogP contribution in [0.25, 0.3) is 27.6 Å². The Labute approximate surface area is 139 Å². The number of hydrogen-bond acceptors (Lipinski definition) is 4. The van der Waals surface area contributed by atoms with Crippen LogP contribution in [-0.4, -0.2) is 24.7 Å². The maximum absolute atomic E-state index is 6.15. The standard InChI is InChI=1S/C18H20N6/c1-3-4-5-15-22-16-13-7-6-12(24-10-11(2)9-20-24)8-14(13)21-18(19)17(16)23-15/h6-10H,3-5H2,1-2H3,(H2,19,21)(H,22,23). The predicted molar refractivity (Wildman–Crippen MR) is 96.3 cm³/mol. The summed E-state index contributed by atoms with van der Waals surface area (Å²) in [6.07, 6.45) is 6.99. The van der Waals surface area contributed by atoms with Crippen molar-refractivity contribution in [3.8, 4) is 5.69 Å². The van der Waals surface area contributed by atoms with Gasteiger partial charge in [-0.05, 0) is 37.1 Å². The van der Waals surface area contributed by atoms with Crippen molar-refractivity contribution in [2.45, 2.75) is 33.1 Å². The SMILES string of the molecule is CCCCc1nc2c([nH]1)c(N)nc1cc(-n3cc(C)cn3)ccc12. The molecule has 0 aliphatic heterocycles. The van der Waals surface area contributed by atoms with Gasteiger partial charge in [0.25, 0.3) is 0 Å². The summed E-state index contributed by atoms with van der Waals surface area (Å²) >= 11 is 0. The number of unbranched alkanes of at least 4 members (excludes halogenated alkanes) is 1. The Bertz CT molecular complexity index is 1030. The Morgan fingerprint density at radius 1 is 1.25 bits per heavy atom. The monoisotopic (exact) mass is 320 g/mol. The molecule has 0 spiro atoms. The van der Waals surface area contributed by atoms with Gasteiger partial charge in [-0.2, -0.15) is 5.10 Å². The highest BCUT2D eigenvalue weighted by atomic mass is 15.3. The molecule has 6 heteroatoms. The zero-order valence-corrected chi connectivity index (χ0v) is 13.9. The Morgan fingerprint density at radius 2 is 2.12 bits per heavy atom. The summed E-state index contributed by atoms with van der Waals surface area (Å²) in [7, 11) is 0. The second kappa shape index (κ2) is 5.63. The van der Waals surface area contributed by atoms with Crippen molar-refractivity contribution >= 4 is 27.8 Å². The van der Waals surface area contributed by atoms with E-state index in [9.17, 15) is 0 Å². The van der Waals surface area contributed by atoms with Gasteiger partial charge < -0.3 is 10.7 Å². The number of hydrogen-bond donors (Lipinski definition) is 2. The lowest BCUT2D eigenvalue weighted by Gasteiger charge is -2.05. The zero-order valence-electron chi connectivity index (χ0n) is 13.9. The van der Waals surface area contributed by atoms with Crippen LogP contribution in [0.5, 0.6) is 0 Å². The summed E-state index contributed by atoms with van der Waals surface area (Å²) in [6.45, 7) is 4.19. The summed E-state index contributed by atoms with van der Waals surface area (Å²) in [5.41, 5.74) is 10.8. The van der Waals surface area contributed by atoms with Crippen LogP contribution in [0.1, 0.15) is 31.2 Å². The van der Waals surface area contributed by atoms with Crippen LogP contribution in [0.4, 0.5) is 5.82 Å². The molecule has 0 bridgehead atoms. The number of aromatic nitrogens is 5. The number of H-pyrrole nitrogens is 1. The molecule has 0 atom stereocenters. The van der Waals surface area contributed by atoms with Crippen molar-refractivity contribution in [1.29, 1.82) is 0 Å². The minimum absolute atomic E-state index is 0.488. The zero-order chi connectivity index (χ0) is 16.7. The second-order valence-electron chi connectivity index (χ2n) is 6.17. The van der Waals surface area contributed by atoms with Gasteiger partial charge in [0.05, 0.1) is 17.4 Å². The van der Waals surface area contributed by atoms with Crippen LogP contribution in [0.2, 0.25) is 0 Å². The molecule has 24 heavy (non-hydrogen) atoms. The molecule has 0 saturated carbocycles. The third-order valence-electron chi connectivity index (χ3n) is 4.23. The van der Waals surface area contributed by atoms with E-state index in [1.165, 1.54) is 0 Å². The number of fused-ring (bicyclic) bond motifs is 3. The number of anilines is 1. The normalized spacial score (nSPS) is 11.6. The maximum atomic E-state index is 6.15. The molecule has 6 nitrogen and oxygen atoms in total. The lowest BCUT2D eigenvalue weighted by molar-refractivity contribution is 0.765. The highest BCUT2D eigenvalue weighted by Crippen LogP contribution is 2.28. The third kappa shape index (κ3) is 2.40. The molecule has 0 aliphatic carbocycles. The summed E-state index contributed by atoms with van der Waals surface area (Å²) in [6, 6.07) is 6.07. The van der Waals surface area contributed by atoms with E-state index in [4.69, 9.17) is 10.7 Å². The van der Waals surface area contributed by atoms with Gasteiger partial charge in [0.15, 0.2) is 0 Å². The van der Waals surface area contributed by atoms with Crippen LogP contribution in [-0.2, 0) is 6.42 Å². The highest BCUT2D eigenvalue weighted by molar-refractivity contribution is 6.06. The van der Waals surface area contributed by atoms with E-state index in [1.54, 1.807) is 0 Å². The van der Waals surface area contributed by atoms with E-state index in [0.29, 0.717) is 5.82 Å². The van der Waals surface area contributed by atoms with Gasteiger partial charge in [0.1, 0.15) is 22.7 Å². The summed E-state index contributed by atoms with van der Waals surface area (Å²) in [5, 5.41) is 5.36. The van der Waals surface area contributed by atoms with E-state index in [1.807, 2.05) is 42.2 Å². The highest BCUT2D eigenvalue weighted by Gasteiger charge is 2.12. The number of benzene rings is 1. The molecule has 0 aliphatic rings. The van der Waals surface area contributed by atoms with Gasteiger partial charge in [-0.15, -0.1) is 0 Å². The van der Waals surface area contributed by atoms with E-state index >= 15 is 0 Å². The van der Waals surface area contributed by atoms with Crippen LogP contribution in [0.3, 0.4) is 0 Å². The Balaban J connectivity index is 1.87. The van der Waals surface area contributed by atoms with Crippen LogP contribution in [0.15, 0.2) is 30.6 Å². The Kier molecular flexibility index (Phi) is 3.45. The molecule has 0 fully saturated rings. The fraction of sp³-hybridized carbons (Fsp3) is 0.278. The van der Waals surface area contributed by atoms with Crippen molar-refractivity contribution in [2.75, 3.05) is 5.73 Å². The van der Waals surface area contributed by atoms with Crippen molar-refractivity contribution in [2.24, 2.45) is 0 Å². The molecule has 0 unspecified atom stereocenters. The molecule has 0 radical (unpaired) electrons. The molecular weight excluding hydrogens is 300 g/mol. The first-order chi connectivity index (χ1) is 11.7. The molecule has 4 rings (SSSR count). The summed E-state index contributed by atoms with van der Waals surface area (Å²) < 4.78 is 1.84. The van der Waals surface area contributed by atoms with Gasteiger partial charge in [-0.3, -0.25) is 0 Å². The molecule has 3 aromatic heterocycles. The topological polar surface area (TPSA) is 85.4 Å². The number of nitrogens with zero attached hydrogens (tertiary/aromatic N) is 4. The van der Waals surface area contributed by atoms with Crippen molar-refractivity contribution in [3.05, 3.63) is 42.0 Å². The van der Waals surface area contributed by atoms with Gasteiger partial charge in [0, 0.05) is 18.0 Å². The Morgan fingerprint density at radius 3 is 2.88 bits per heavy atom. The molecule has 3 N–H and O–H groups in total. The fourth-order valence-corrected chi connectivity index (χ4v) is 2.96. The van der Waals surface area contributed by atoms with Crippen LogP contribution < -0.4 is 5.73 Å².